The zero-order valence-corrected chi connectivity index (χ0v) is 14.5. The molecule has 0 aliphatic heterocycles. The van der Waals surface area contributed by atoms with Gasteiger partial charge < -0.3 is 10.1 Å². The number of anilines is 2. The van der Waals surface area contributed by atoms with Gasteiger partial charge >= 0.3 is 10.5 Å². The van der Waals surface area contributed by atoms with Crippen LogP contribution in [0.2, 0.25) is 0 Å². The molecule has 1 atom stereocenters. The fourth-order valence-corrected chi connectivity index (χ4v) is 2.59. The van der Waals surface area contributed by atoms with E-state index in [9.17, 15) is 18.5 Å². The van der Waals surface area contributed by atoms with Crippen LogP contribution in [0.15, 0.2) is 46.8 Å². The van der Waals surface area contributed by atoms with E-state index in [1.807, 2.05) is 6.92 Å². The number of hydrogen-bond donors (Lipinski definition) is 1. The maximum absolute atomic E-state index is 11.3. The lowest BCUT2D eigenvalue weighted by atomic mass is 10.1. The first kappa shape index (κ1) is 18.4. The van der Waals surface area contributed by atoms with Gasteiger partial charge in [-0.25, -0.2) is 0 Å². The minimum absolute atomic E-state index is 0.162. The van der Waals surface area contributed by atoms with E-state index in [1.165, 1.54) is 12.1 Å². The van der Waals surface area contributed by atoms with Crippen LogP contribution in [0.25, 0.3) is 0 Å². The van der Waals surface area contributed by atoms with Crippen LogP contribution in [0.4, 0.5) is 17.1 Å². The summed E-state index contributed by atoms with van der Waals surface area (Å²) >= 11 is 0. The number of nitro groups is 1. The molecule has 0 heterocycles. The highest BCUT2D eigenvalue weighted by Crippen LogP contribution is 2.32. The molecular weight excluding hydrogens is 346 g/mol. The van der Waals surface area contributed by atoms with Crippen molar-refractivity contribution in [1.82, 2.24) is 0 Å². The van der Waals surface area contributed by atoms with Crippen molar-refractivity contribution in [1.29, 1.82) is 0 Å². The third-order valence-electron chi connectivity index (χ3n) is 3.39. The fraction of sp³-hybridized carbons (Fsp3) is 0.250. The molecule has 9 heteroatoms. The van der Waals surface area contributed by atoms with Crippen molar-refractivity contribution in [2.75, 3.05) is 11.9 Å². The Balaban J connectivity index is 2.31. The zero-order valence-electron chi connectivity index (χ0n) is 13.7. The molecule has 0 fully saturated rings. The summed E-state index contributed by atoms with van der Waals surface area (Å²) in [5.41, 5.74) is 1.24. The molecule has 1 N–H and O–H groups in total. The lowest BCUT2D eigenvalue weighted by Gasteiger charge is -2.11. The van der Waals surface area contributed by atoms with Gasteiger partial charge in [0.15, 0.2) is 0 Å². The molecule has 0 spiro atoms. The van der Waals surface area contributed by atoms with Crippen molar-refractivity contribution in [2.45, 2.75) is 19.9 Å². The maximum Gasteiger partial charge on any atom is 0.311 e. The summed E-state index contributed by atoms with van der Waals surface area (Å²) in [5, 5.41) is 14.3. The minimum Gasteiger partial charge on any atom is -0.494 e. The SMILES string of the molecule is CCOc1ccc(Nc2ccc(C(C)N=S(=O)=O)cc2[N+](=O)[O-])cc1. The predicted octanol–water partition coefficient (Wildman–Crippen LogP) is 3.86. The molecule has 0 aliphatic rings. The third kappa shape index (κ3) is 5.01. The first-order chi connectivity index (χ1) is 11.9. The van der Waals surface area contributed by atoms with Gasteiger partial charge in [0, 0.05) is 11.8 Å². The van der Waals surface area contributed by atoms with Crippen LogP contribution in [0.5, 0.6) is 5.75 Å². The molecule has 0 radical (unpaired) electrons. The maximum atomic E-state index is 11.3. The topological polar surface area (TPSA) is 111 Å². The Morgan fingerprint density at radius 2 is 1.92 bits per heavy atom. The van der Waals surface area contributed by atoms with Gasteiger partial charge in [0.1, 0.15) is 11.4 Å². The molecule has 8 nitrogen and oxygen atoms in total. The summed E-state index contributed by atoms with van der Waals surface area (Å²) < 4.78 is 30.1. The second kappa shape index (κ2) is 8.25. The lowest BCUT2D eigenvalue weighted by molar-refractivity contribution is -0.384. The molecule has 0 aromatic heterocycles. The summed E-state index contributed by atoms with van der Waals surface area (Å²) in [5.74, 6) is 0.707. The average molecular weight is 363 g/mol. The average Bonchev–Trinajstić information content (AvgIpc) is 2.56. The summed E-state index contributed by atoms with van der Waals surface area (Å²) in [6, 6.07) is 10.8. The van der Waals surface area contributed by atoms with Crippen LogP contribution in [0, 0.1) is 10.1 Å². The Labute approximate surface area is 146 Å². The minimum atomic E-state index is -2.58. The Morgan fingerprint density at radius 1 is 1.24 bits per heavy atom. The standard InChI is InChI=1S/C16H17N3O5S/c1-3-24-14-7-5-13(6-8-14)17-15-9-4-12(10-16(15)19(20)21)11(2)18-25(22)23/h4-11,17H,3H2,1-2H3. The predicted molar refractivity (Wildman–Crippen MR) is 93.8 cm³/mol. The van der Waals surface area contributed by atoms with E-state index < -0.39 is 21.5 Å². The summed E-state index contributed by atoms with van der Waals surface area (Å²) in [6.07, 6.45) is 0. The number of ether oxygens (including phenoxy) is 1. The van der Waals surface area contributed by atoms with Crippen LogP contribution < -0.4 is 10.1 Å². The van der Waals surface area contributed by atoms with Gasteiger partial charge in [0.05, 0.1) is 17.6 Å². The normalized spacial score (nSPS) is 11.4. The molecule has 2 rings (SSSR count). The van der Waals surface area contributed by atoms with Crippen molar-refractivity contribution >= 4 is 27.6 Å². The quantitative estimate of drug-likeness (QED) is 0.590. The monoisotopic (exact) mass is 363 g/mol. The van der Waals surface area contributed by atoms with Crippen LogP contribution in [-0.2, 0) is 10.5 Å². The molecule has 0 saturated heterocycles. The van der Waals surface area contributed by atoms with Gasteiger partial charge in [0.25, 0.3) is 5.69 Å². The molecule has 0 saturated carbocycles. The van der Waals surface area contributed by atoms with Crippen molar-refractivity contribution in [3.63, 3.8) is 0 Å². The van der Waals surface area contributed by atoms with E-state index in [4.69, 9.17) is 4.74 Å². The number of nitrogens with one attached hydrogen (secondary N) is 1. The Kier molecular flexibility index (Phi) is 6.07. The van der Waals surface area contributed by atoms with Crippen molar-refractivity contribution in [3.8, 4) is 5.75 Å². The number of hydrogen-bond acceptors (Lipinski definition) is 7. The summed E-state index contributed by atoms with van der Waals surface area (Å²) in [7, 11) is -2.58. The Morgan fingerprint density at radius 3 is 2.48 bits per heavy atom. The molecular formula is C16H17N3O5S. The first-order valence-corrected chi connectivity index (χ1v) is 8.52. The second-order valence-corrected chi connectivity index (χ2v) is 5.76. The van der Waals surface area contributed by atoms with Crippen LogP contribution >= 0.6 is 0 Å². The molecule has 0 bridgehead atoms. The molecule has 1 unspecified atom stereocenters. The largest absolute Gasteiger partial charge is 0.494 e. The first-order valence-electron chi connectivity index (χ1n) is 7.49. The fourth-order valence-electron chi connectivity index (χ4n) is 2.21. The lowest BCUT2D eigenvalue weighted by Crippen LogP contribution is -2.00. The van der Waals surface area contributed by atoms with E-state index in [1.54, 1.807) is 37.3 Å². The molecule has 2 aromatic carbocycles. The van der Waals surface area contributed by atoms with Crippen molar-refractivity contribution < 1.29 is 18.1 Å². The van der Waals surface area contributed by atoms with Crippen LogP contribution in [0.1, 0.15) is 25.5 Å². The highest BCUT2D eigenvalue weighted by atomic mass is 32.2. The van der Waals surface area contributed by atoms with Crippen molar-refractivity contribution in [3.05, 3.63) is 58.1 Å². The third-order valence-corrected chi connectivity index (χ3v) is 3.88. The van der Waals surface area contributed by atoms with E-state index in [-0.39, 0.29) is 5.69 Å². The Hall–Kier alpha value is -2.94. The van der Waals surface area contributed by atoms with Gasteiger partial charge in [-0.15, -0.1) is 0 Å². The smallest absolute Gasteiger partial charge is 0.311 e. The van der Waals surface area contributed by atoms with E-state index in [0.29, 0.717) is 29.3 Å². The van der Waals surface area contributed by atoms with Gasteiger partial charge in [-0.05, 0) is 49.7 Å². The molecule has 0 aliphatic carbocycles. The van der Waals surface area contributed by atoms with E-state index in [0.717, 1.165) is 0 Å². The second-order valence-electron chi connectivity index (χ2n) is 5.11. The molecule has 2 aromatic rings. The Bertz CT molecular complexity index is 886. The summed E-state index contributed by atoms with van der Waals surface area (Å²) in [6.45, 7) is 3.98. The highest BCUT2D eigenvalue weighted by Gasteiger charge is 2.17. The van der Waals surface area contributed by atoms with Gasteiger partial charge in [0.2, 0.25) is 0 Å². The van der Waals surface area contributed by atoms with Crippen LogP contribution in [0.3, 0.4) is 0 Å². The highest BCUT2D eigenvalue weighted by molar-refractivity contribution is 7.61. The van der Waals surface area contributed by atoms with Gasteiger partial charge in [-0.3, -0.25) is 10.1 Å². The van der Waals surface area contributed by atoms with Gasteiger partial charge in [-0.1, -0.05) is 6.07 Å². The van der Waals surface area contributed by atoms with E-state index in [2.05, 4.69) is 9.68 Å². The number of benzene rings is 2. The van der Waals surface area contributed by atoms with Gasteiger partial charge in [-0.2, -0.15) is 12.8 Å². The molecule has 25 heavy (non-hydrogen) atoms. The number of nitrogens with zero attached hydrogens (tertiary/aromatic N) is 2. The van der Waals surface area contributed by atoms with Crippen LogP contribution in [-0.4, -0.2) is 19.9 Å². The zero-order chi connectivity index (χ0) is 18.4. The molecule has 132 valence electrons. The number of nitro benzene ring substituents is 1. The van der Waals surface area contributed by atoms with E-state index >= 15 is 0 Å². The molecule has 0 amide bonds. The summed E-state index contributed by atoms with van der Waals surface area (Å²) in [4.78, 5) is 10.8. The number of rotatable bonds is 7. The van der Waals surface area contributed by atoms with Crippen molar-refractivity contribution in [2.24, 2.45) is 4.36 Å².